The van der Waals surface area contributed by atoms with Crippen molar-refractivity contribution in [3.63, 3.8) is 0 Å². The number of benzene rings is 1. The molecule has 0 aliphatic rings. The summed E-state index contributed by atoms with van der Waals surface area (Å²) in [5.74, 6) is 0.520. The van der Waals surface area contributed by atoms with Crippen molar-refractivity contribution in [1.82, 2.24) is 19.7 Å². The first-order valence-electron chi connectivity index (χ1n) is 8.35. The van der Waals surface area contributed by atoms with Gasteiger partial charge in [-0.05, 0) is 32.0 Å². The number of nitrogens with one attached hydrogen (secondary N) is 1. The fourth-order valence-electron chi connectivity index (χ4n) is 2.39. The highest BCUT2D eigenvalue weighted by molar-refractivity contribution is 7.99. The smallest absolute Gasteiger partial charge is 0.236 e. The van der Waals surface area contributed by atoms with E-state index in [9.17, 15) is 9.18 Å². The lowest BCUT2D eigenvalue weighted by molar-refractivity contribution is -0.113. The first-order valence-corrected chi connectivity index (χ1v) is 10.6. The highest BCUT2D eigenvalue weighted by Crippen LogP contribution is 2.30. The highest BCUT2D eigenvalue weighted by Gasteiger charge is 2.20. The van der Waals surface area contributed by atoms with Gasteiger partial charge < -0.3 is 14.6 Å². The van der Waals surface area contributed by atoms with Crippen LogP contribution >= 0.6 is 34.7 Å². The van der Waals surface area contributed by atoms with E-state index in [-0.39, 0.29) is 16.7 Å². The molecule has 1 N–H and O–H groups in total. The summed E-state index contributed by atoms with van der Waals surface area (Å²) < 4.78 is 20.9. The van der Waals surface area contributed by atoms with Crippen LogP contribution in [0, 0.1) is 5.82 Å². The molecule has 28 heavy (non-hydrogen) atoms. The molecule has 1 amide bonds. The van der Waals surface area contributed by atoms with E-state index in [0.29, 0.717) is 28.4 Å². The molecule has 0 aliphatic heterocycles. The van der Waals surface area contributed by atoms with Crippen molar-refractivity contribution in [3.8, 4) is 5.75 Å². The van der Waals surface area contributed by atoms with E-state index in [2.05, 4.69) is 20.5 Å². The lowest BCUT2D eigenvalue weighted by Gasteiger charge is -2.16. The minimum absolute atomic E-state index is 0.172. The molecule has 0 saturated heterocycles. The summed E-state index contributed by atoms with van der Waals surface area (Å²) in [7, 11) is 0. The minimum Gasteiger partial charge on any atom is -0.481 e. The number of amides is 1. The lowest BCUT2D eigenvalue weighted by atomic mass is 10.3. The first kappa shape index (κ1) is 20.6. The van der Waals surface area contributed by atoms with Gasteiger partial charge in [0.2, 0.25) is 5.91 Å². The molecule has 0 spiro atoms. The van der Waals surface area contributed by atoms with Crippen LogP contribution in [0.25, 0.3) is 0 Å². The molecule has 11 heteroatoms. The Kier molecular flexibility index (Phi) is 6.87. The molecule has 0 bridgehead atoms. The van der Waals surface area contributed by atoms with Crippen molar-refractivity contribution < 1.29 is 13.9 Å². The summed E-state index contributed by atoms with van der Waals surface area (Å²) >= 11 is 8.65. The number of thiazole rings is 1. The van der Waals surface area contributed by atoms with Crippen molar-refractivity contribution in [3.05, 3.63) is 46.4 Å². The molecule has 0 aliphatic carbocycles. The number of thioether (sulfide) groups is 1. The summed E-state index contributed by atoms with van der Waals surface area (Å²) in [6, 6.07) is 3.94. The molecule has 0 fully saturated rings. The second-order valence-corrected chi connectivity index (χ2v) is 7.84. The average molecular weight is 442 g/mol. The third-order valence-corrected chi connectivity index (χ3v) is 5.58. The van der Waals surface area contributed by atoms with E-state index in [4.69, 9.17) is 16.3 Å². The molecule has 1 unspecified atom stereocenters. The number of hydrogen-bond donors (Lipinski definition) is 1. The number of hydrogen-bond acceptors (Lipinski definition) is 7. The number of rotatable bonds is 8. The van der Waals surface area contributed by atoms with Crippen LogP contribution in [0.1, 0.15) is 25.8 Å². The zero-order valence-corrected chi connectivity index (χ0v) is 17.4. The standard InChI is InChI=1S/C17H17ClFN5O2S2/c1-3-24-15(10(2)26-13-5-4-11(19)8-12(13)18)22-23-17(24)28-9-14(25)21-16-20-6-7-27-16/h4-8,10H,3,9H2,1-2H3,(H,20,21,25). The Morgan fingerprint density at radius 3 is 2.96 bits per heavy atom. The first-order chi connectivity index (χ1) is 13.5. The monoisotopic (exact) mass is 441 g/mol. The Morgan fingerprint density at radius 1 is 1.46 bits per heavy atom. The molecule has 3 rings (SSSR count). The number of aromatic nitrogens is 4. The topological polar surface area (TPSA) is 81.9 Å². The number of halogens is 2. The molecule has 0 saturated carbocycles. The van der Waals surface area contributed by atoms with Gasteiger partial charge in [-0.3, -0.25) is 4.79 Å². The van der Waals surface area contributed by atoms with Crippen LogP contribution in [0.15, 0.2) is 34.9 Å². The van der Waals surface area contributed by atoms with E-state index >= 15 is 0 Å². The average Bonchev–Trinajstić information content (AvgIpc) is 3.31. The number of carbonyl (C=O) groups is 1. The summed E-state index contributed by atoms with van der Waals surface area (Å²) in [6.45, 7) is 4.35. The SMILES string of the molecule is CCn1c(SCC(=O)Nc2nccs2)nnc1C(C)Oc1ccc(F)cc1Cl. The van der Waals surface area contributed by atoms with E-state index in [0.717, 1.165) is 0 Å². The molecule has 148 valence electrons. The van der Waals surface area contributed by atoms with Crippen LogP contribution in [0.5, 0.6) is 5.75 Å². The molecule has 1 atom stereocenters. The number of nitrogens with zero attached hydrogens (tertiary/aromatic N) is 4. The zero-order valence-electron chi connectivity index (χ0n) is 15.1. The Labute approximate surface area is 174 Å². The van der Waals surface area contributed by atoms with Crippen molar-refractivity contribution in [2.45, 2.75) is 31.7 Å². The second kappa shape index (κ2) is 9.35. The van der Waals surface area contributed by atoms with Gasteiger partial charge in [-0.1, -0.05) is 23.4 Å². The largest absolute Gasteiger partial charge is 0.481 e. The van der Waals surface area contributed by atoms with Gasteiger partial charge >= 0.3 is 0 Å². The highest BCUT2D eigenvalue weighted by atomic mass is 35.5. The van der Waals surface area contributed by atoms with Crippen molar-refractivity contribution >= 4 is 45.7 Å². The Balaban J connectivity index is 1.66. The summed E-state index contributed by atoms with van der Waals surface area (Å²) in [5, 5.41) is 14.2. The molecule has 1 aromatic carbocycles. The van der Waals surface area contributed by atoms with Gasteiger partial charge in [0.15, 0.2) is 22.2 Å². The van der Waals surface area contributed by atoms with Crippen LogP contribution in [0.4, 0.5) is 9.52 Å². The number of anilines is 1. The Bertz CT molecular complexity index is 951. The van der Waals surface area contributed by atoms with E-state index in [1.54, 1.807) is 18.5 Å². The fraction of sp³-hybridized carbons (Fsp3) is 0.294. The van der Waals surface area contributed by atoms with E-state index in [1.165, 1.54) is 41.3 Å². The van der Waals surface area contributed by atoms with Crippen molar-refractivity contribution in [2.24, 2.45) is 0 Å². The minimum atomic E-state index is -0.464. The van der Waals surface area contributed by atoms with Gasteiger partial charge in [0.05, 0.1) is 10.8 Å². The summed E-state index contributed by atoms with van der Waals surface area (Å²) in [6.07, 6.45) is 1.16. The molecule has 2 heterocycles. The van der Waals surface area contributed by atoms with Crippen LogP contribution in [0.3, 0.4) is 0 Å². The van der Waals surface area contributed by atoms with Gasteiger partial charge in [0.1, 0.15) is 11.6 Å². The van der Waals surface area contributed by atoms with E-state index in [1.807, 2.05) is 11.5 Å². The predicted octanol–water partition coefficient (Wildman–Crippen LogP) is 4.42. The second-order valence-electron chi connectivity index (χ2n) is 5.59. The van der Waals surface area contributed by atoms with Gasteiger partial charge in [-0.2, -0.15) is 0 Å². The zero-order chi connectivity index (χ0) is 20.1. The van der Waals surface area contributed by atoms with Crippen LogP contribution < -0.4 is 10.1 Å². The molecule has 7 nitrogen and oxygen atoms in total. The third kappa shape index (κ3) is 5.00. The molecular weight excluding hydrogens is 425 g/mol. The molecule has 2 aromatic heterocycles. The normalized spacial score (nSPS) is 12.0. The summed E-state index contributed by atoms with van der Waals surface area (Å²) in [5.41, 5.74) is 0. The van der Waals surface area contributed by atoms with Gasteiger partial charge in [0, 0.05) is 18.1 Å². The third-order valence-electron chi connectivity index (χ3n) is 3.63. The van der Waals surface area contributed by atoms with Crippen LogP contribution in [-0.4, -0.2) is 31.4 Å². The number of ether oxygens (including phenoxy) is 1. The van der Waals surface area contributed by atoms with Gasteiger partial charge in [-0.25, -0.2) is 9.37 Å². The van der Waals surface area contributed by atoms with Crippen LogP contribution in [0.2, 0.25) is 5.02 Å². The van der Waals surface area contributed by atoms with Crippen LogP contribution in [-0.2, 0) is 11.3 Å². The van der Waals surface area contributed by atoms with E-state index < -0.39 is 11.9 Å². The molecular formula is C17H17ClFN5O2S2. The van der Waals surface area contributed by atoms with Crippen molar-refractivity contribution in [2.75, 3.05) is 11.1 Å². The maximum Gasteiger partial charge on any atom is 0.236 e. The van der Waals surface area contributed by atoms with Crippen molar-refractivity contribution in [1.29, 1.82) is 0 Å². The number of carbonyl (C=O) groups excluding carboxylic acids is 1. The fourth-order valence-corrected chi connectivity index (χ4v) is 3.96. The quantitative estimate of drug-likeness (QED) is 0.521. The Morgan fingerprint density at radius 2 is 2.29 bits per heavy atom. The summed E-state index contributed by atoms with van der Waals surface area (Å²) in [4.78, 5) is 16.1. The lowest BCUT2D eigenvalue weighted by Crippen LogP contribution is -2.15. The predicted molar refractivity (Wildman–Crippen MR) is 108 cm³/mol. The molecule has 3 aromatic rings. The Hall–Kier alpha value is -2.17. The molecule has 0 radical (unpaired) electrons. The van der Waals surface area contributed by atoms with Gasteiger partial charge in [0.25, 0.3) is 0 Å². The maximum atomic E-state index is 13.2. The maximum absolute atomic E-state index is 13.2. The van der Waals surface area contributed by atoms with Gasteiger partial charge in [-0.15, -0.1) is 21.5 Å².